The summed E-state index contributed by atoms with van der Waals surface area (Å²) in [5.74, 6) is 6.49. The Hall–Kier alpha value is -1.53. The van der Waals surface area contributed by atoms with Crippen LogP contribution in [0.4, 0.5) is 13.2 Å². The minimum absolute atomic E-state index is 0. The molecule has 648 valence electrons. The molecule has 0 unspecified atom stereocenters. The number of carbonyl (C=O) groups is 4. The number of nitrogens with zero attached hydrogens (tertiary/aromatic N) is 8. The molecule has 0 radical (unpaired) electrons. The van der Waals surface area contributed by atoms with Crippen molar-refractivity contribution in [1.82, 2.24) is 45.4 Å². The van der Waals surface area contributed by atoms with E-state index in [1.807, 2.05) is 42.1 Å². The van der Waals surface area contributed by atoms with Gasteiger partial charge in [-0.25, -0.2) is 17.9 Å². The van der Waals surface area contributed by atoms with Crippen LogP contribution in [0.1, 0.15) is 224 Å². The SMILES string of the molecule is C.COC[C@]12CC[C@@](C)(O)C[C@H]1CC[C@H]1[C@@H]3CC[C@H](C(=O)CBr)[C@@]3(C)CC[C@@H]12.COC[C@]12CC[C@@](C)(O)C[C@H]1CC[C@H]1[C@@H]3CC[C@H](C(=O)Cn4nc5ccc(Cl)c(F)c5n4)[C@@]3(C)CC[C@@H]12.COC[C@]12CC[C@@](C)(O)C[C@H]1CC[C@H]1[C@@H]3CC[C@H](C(=O)Cn4nnc5c(F)c(Cl)ccc54)[C@@]3(C)CC[C@@H]12.Fc1c(Cl)ccc2n[nH]nc12.O=CO[O-].[H-].[K+].[K+]. The molecule has 3 aromatic carbocycles. The Labute approximate surface area is 808 Å². The number of aliphatic hydroxyl groups is 3. The van der Waals surface area contributed by atoms with E-state index < -0.39 is 34.3 Å². The molecule has 119 heavy (non-hydrogen) atoms. The molecule has 0 saturated heterocycles. The number of fused-ring (bicyclic) bond motifs is 18. The van der Waals surface area contributed by atoms with Gasteiger partial charge in [0.1, 0.15) is 46.5 Å². The van der Waals surface area contributed by atoms with Crippen LogP contribution in [0.2, 0.25) is 15.1 Å². The van der Waals surface area contributed by atoms with Crippen LogP contribution >= 0.6 is 50.7 Å². The third kappa shape index (κ3) is 18.5. The van der Waals surface area contributed by atoms with Gasteiger partial charge in [0.15, 0.2) is 29.0 Å². The average Bonchev–Trinajstić information content (AvgIpc) is 1.41. The van der Waals surface area contributed by atoms with Crippen LogP contribution in [0.3, 0.4) is 0 Å². The van der Waals surface area contributed by atoms with Crippen molar-refractivity contribution in [1.29, 1.82) is 0 Å². The summed E-state index contributed by atoms with van der Waals surface area (Å²) in [6, 6.07) is 9.34. The topological polar surface area (TPSA) is 292 Å². The van der Waals surface area contributed by atoms with Crippen LogP contribution < -0.4 is 108 Å². The van der Waals surface area contributed by atoms with Crippen molar-refractivity contribution >= 4 is 108 Å². The van der Waals surface area contributed by atoms with E-state index in [0.717, 1.165) is 154 Å². The Kier molecular flexibility index (Phi) is 32.2. The van der Waals surface area contributed by atoms with Crippen molar-refractivity contribution < 1.29 is 176 Å². The van der Waals surface area contributed by atoms with Gasteiger partial charge < -0.3 is 41.1 Å². The summed E-state index contributed by atoms with van der Waals surface area (Å²) in [4.78, 5) is 52.6. The van der Waals surface area contributed by atoms with Crippen LogP contribution in [0.15, 0.2) is 36.4 Å². The molecule has 3 heterocycles. The summed E-state index contributed by atoms with van der Waals surface area (Å²) >= 11 is 20.7. The number of methoxy groups -OCH3 is 3. The second-order valence-corrected chi connectivity index (χ2v) is 41.1. The van der Waals surface area contributed by atoms with Crippen LogP contribution in [-0.2, 0) is 51.4 Å². The van der Waals surface area contributed by atoms with Crippen molar-refractivity contribution in [3.63, 3.8) is 0 Å². The maximum atomic E-state index is 14.4. The zero-order chi connectivity index (χ0) is 83.0. The van der Waals surface area contributed by atoms with Crippen molar-refractivity contribution in [2.24, 2.45) is 121 Å². The first-order chi connectivity index (χ1) is 55.1. The van der Waals surface area contributed by atoms with Crippen molar-refractivity contribution in [3.05, 3.63) is 68.9 Å². The number of H-pyrrole nitrogens is 1. The van der Waals surface area contributed by atoms with Crippen LogP contribution in [-0.4, -0.2) is 148 Å². The van der Waals surface area contributed by atoms with E-state index in [1.54, 1.807) is 18.2 Å². The molecule has 18 rings (SSSR count). The van der Waals surface area contributed by atoms with Crippen LogP contribution in [0.5, 0.6) is 0 Å². The number of nitrogens with one attached hydrogen (secondary N) is 1. The maximum absolute atomic E-state index is 14.4. The number of ketones is 3. The van der Waals surface area contributed by atoms with Gasteiger partial charge in [0, 0.05) is 39.1 Å². The number of aromatic amines is 1. The number of alkyl halides is 1. The first-order valence-corrected chi connectivity index (χ1v) is 44.9. The minimum atomic E-state index is -0.589. The molecule has 21 nitrogen and oxygen atoms in total. The molecule has 12 aliphatic rings. The van der Waals surface area contributed by atoms with E-state index in [9.17, 15) is 42.9 Å². The van der Waals surface area contributed by atoms with Gasteiger partial charge in [-0.3, -0.25) is 19.2 Å². The number of rotatable bonds is 15. The van der Waals surface area contributed by atoms with Crippen LogP contribution in [0.25, 0.3) is 33.1 Å². The summed E-state index contributed by atoms with van der Waals surface area (Å²) in [6.45, 7) is 15.6. The van der Waals surface area contributed by atoms with Crippen molar-refractivity contribution in [3.8, 4) is 0 Å². The van der Waals surface area contributed by atoms with E-state index in [2.05, 4.69) is 77.5 Å². The monoisotopic (exact) mass is 1830 g/mol. The Morgan fingerprint density at radius 3 is 1.29 bits per heavy atom. The quantitative estimate of drug-likeness (QED) is 0.0244. The number of carbonyl (C=O) groups excluding carboxylic acids is 4. The third-order valence-corrected chi connectivity index (χ3v) is 35.0. The van der Waals surface area contributed by atoms with Gasteiger partial charge in [-0.15, -0.1) is 10.2 Å². The molecule has 12 aliphatic carbocycles. The van der Waals surface area contributed by atoms with Gasteiger partial charge in [0.25, 0.3) is 6.47 Å². The zero-order valence-electron chi connectivity index (χ0n) is 71.8. The molecule has 24 atom stereocenters. The van der Waals surface area contributed by atoms with Gasteiger partial charge >= 0.3 is 103 Å². The predicted octanol–water partition coefficient (Wildman–Crippen LogP) is 11.6. The molecule has 0 bridgehead atoms. The number of benzene rings is 3. The molecular weight excluding hydrogens is 1710 g/mol. The Bertz CT molecular complexity index is 4580. The molecule has 6 aromatic rings. The second-order valence-electron chi connectivity index (χ2n) is 39.3. The number of hydrogen-bond acceptors (Lipinski definition) is 18. The summed E-state index contributed by atoms with van der Waals surface area (Å²) in [5.41, 5.74) is 0.863. The molecule has 0 amide bonds. The van der Waals surface area contributed by atoms with Gasteiger partial charge in [-0.2, -0.15) is 25.3 Å². The van der Waals surface area contributed by atoms with Crippen LogP contribution in [0, 0.1) is 139 Å². The van der Waals surface area contributed by atoms with Gasteiger partial charge in [0.2, 0.25) is 0 Å². The maximum Gasteiger partial charge on any atom is 1.00 e. The number of ether oxygens (including phenoxy) is 3. The molecule has 12 saturated carbocycles. The number of hydrogen-bond donors (Lipinski definition) is 4. The van der Waals surface area contributed by atoms with Crippen molar-refractivity contribution in [2.75, 3.05) is 46.5 Å². The second kappa shape index (κ2) is 39.0. The molecule has 0 spiro atoms. The van der Waals surface area contributed by atoms with E-state index in [1.165, 1.54) is 72.6 Å². The largest absolute Gasteiger partial charge is 1.00 e. The van der Waals surface area contributed by atoms with E-state index in [-0.39, 0.29) is 225 Å². The molecular formula is C89H124BrCl3F3K2N9O12. The predicted molar refractivity (Wildman–Crippen MR) is 444 cm³/mol. The third-order valence-electron chi connectivity index (χ3n) is 33.6. The van der Waals surface area contributed by atoms with Gasteiger partial charge in [0.05, 0.1) is 62.5 Å². The normalized spacial score (nSPS) is 38.6. The molecule has 12 fully saturated rings. The van der Waals surface area contributed by atoms with E-state index in [4.69, 9.17) is 59.1 Å². The standard InChI is InChI=1S/2C29H39ClFN3O3.C23H37BrO3.C6H3ClFN3.CH2O3.CH4.2K.H/c1-27(36)12-13-29(16-37-3)17(14-27)4-5-18-19-6-7-21(28(19,2)11-10-20(18)29)24(35)15-34-23-9-8-22(30)25(31)26(23)32-33-34;1-27(36)12-13-29(16-37-3)17(14-27)4-5-18-19-6-7-21(28(19,2)11-10-20(18)29)24(35)15-34-32-23-9-8-22(30)25(31)26(23)33-34;1-21(26)10-11-23(14-27-3)15(12-21)4-5-16-17-6-7-19(20(25)13-24)22(17,2)9-8-18(16)23;7-3-1-2-4-6(5(3)8)10-11-9-4;2-1-4-3;;;;/h2*8-9,17-21,36H,4-7,10-16H2,1-3H3;15-19,26H,4-14H2,1-3H3;1-2H,(H,9,10,11);1,3H;1H4;;;/q;;;;;;2*+1;-1/p-1/t2*17-,18+,19+,20+,21-,27-,28+,29-;15-,16+,17+,18+,19-,21-,22+,23-;;;;;;/m111....../s1. The van der Waals surface area contributed by atoms with E-state index >= 15 is 0 Å². The minimum Gasteiger partial charge on any atom is -1.00 e. The number of halogens is 7. The Balaban J connectivity index is 0.000000172. The number of Topliss-reactive ketones (excluding diaryl/α,β-unsaturated/α-hetero) is 3. The average molecular weight is 1830 g/mol. The fourth-order valence-electron chi connectivity index (χ4n) is 28.5. The smallest absolute Gasteiger partial charge is 1.00 e. The van der Waals surface area contributed by atoms with E-state index in [0.29, 0.717) is 92.8 Å². The fraction of sp³-hybridized carbons (Fsp3) is 0.753. The zero-order valence-corrected chi connectivity index (χ0v) is 80.9. The summed E-state index contributed by atoms with van der Waals surface area (Å²) in [7, 11) is 5.51. The Morgan fingerprint density at radius 1 is 0.513 bits per heavy atom. The summed E-state index contributed by atoms with van der Waals surface area (Å²) < 4.78 is 60.9. The Morgan fingerprint density at radius 2 is 0.891 bits per heavy atom. The molecule has 30 heteroatoms. The van der Waals surface area contributed by atoms with Gasteiger partial charge in [-0.05, 0) is 334 Å². The fourth-order valence-corrected chi connectivity index (χ4v) is 29.4. The van der Waals surface area contributed by atoms with Crippen molar-refractivity contribution in [2.45, 2.75) is 252 Å². The van der Waals surface area contributed by atoms with Gasteiger partial charge in [-0.1, -0.05) is 84.1 Å². The molecule has 3 aromatic heterocycles. The number of aromatic nitrogens is 9. The molecule has 0 aliphatic heterocycles. The summed E-state index contributed by atoms with van der Waals surface area (Å²) in [6.07, 6.45) is 28.7. The first-order valence-electron chi connectivity index (χ1n) is 42.7. The molecule has 4 N–H and O–H groups in total. The first kappa shape index (κ1) is 98.1. The summed E-state index contributed by atoms with van der Waals surface area (Å²) in [5, 5.41) is 67.7.